The van der Waals surface area contributed by atoms with E-state index in [-0.39, 0.29) is 5.91 Å². The van der Waals surface area contributed by atoms with Crippen molar-refractivity contribution in [2.24, 2.45) is 0 Å². The molecule has 9 heteroatoms. The van der Waals surface area contributed by atoms with Crippen LogP contribution in [0.3, 0.4) is 0 Å². The van der Waals surface area contributed by atoms with E-state index in [1.807, 2.05) is 36.2 Å². The molecule has 4 rings (SSSR count). The van der Waals surface area contributed by atoms with Gasteiger partial charge in [0.2, 0.25) is 0 Å². The normalized spacial score (nSPS) is 13.5. The first-order valence-electron chi connectivity index (χ1n) is 12.2. The van der Waals surface area contributed by atoms with Crippen LogP contribution < -0.4 is 5.43 Å². The molecule has 2 aromatic carbocycles. The molecular formula is C28H27Cl2N5O2. The van der Waals surface area contributed by atoms with Gasteiger partial charge in [0.1, 0.15) is 0 Å². The molecule has 1 aromatic heterocycles. The van der Waals surface area contributed by atoms with Gasteiger partial charge in [-0.25, -0.2) is 9.69 Å². The Morgan fingerprint density at radius 3 is 2.57 bits per heavy atom. The molecule has 1 aliphatic heterocycles. The third-order valence-electron chi connectivity index (χ3n) is 5.94. The molecule has 1 aliphatic rings. The number of carbonyl (C=O) groups is 1. The molecule has 1 fully saturated rings. The number of nitrogens with one attached hydrogen (secondary N) is 1. The molecule has 37 heavy (non-hydrogen) atoms. The van der Waals surface area contributed by atoms with Crippen molar-refractivity contribution in [3.63, 3.8) is 0 Å². The molecule has 2 heterocycles. The van der Waals surface area contributed by atoms with E-state index in [0.717, 1.165) is 28.8 Å². The van der Waals surface area contributed by atoms with E-state index in [2.05, 4.69) is 23.3 Å². The summed E-state index contributed by atoms with van der Waals surface area (Å²) in [5, 5.41) is 16.2. The molecular weight excluding hydrogens is 509 g/mol. The third-order valence-corrected chi connectivity index (χ3v) is 6.48. The molecule has 0 spiro atoms. The predicted molar refractivity (Wildman–Crippen MR) is 145 cm³/mol. The largest absolute Gasteiger partial charge is 0.379 e. The lowest BCUT2D eigenvalue weighted by atomic mass is 10.0. The van der Waals surface area contributed by atoms with Crippen LogP contribution in [0.25, 0.3) is 16.9 Å². The summed E-state index contributed by atoms with van der Waals surface area (Å²) in [5.41, 5.74) is 7.30. The van der Waals surface area contributed by atoms with E-state index in [1.165, 1.54) is 0 Å². The number of aromatic nitrogens is 2. The van der Waals surface area contributed by atoms with Gasteiger partial charge in [0.15, 0.2) is 5.69 Å². The predicted octanol–water partition coefficient (Wildman–Crippen LogP) is 5.43. The SMILES string of the molecule is CCc1c(C(=O)NN2CCOCC2)nn(-c2ccc(Cl)cc2Cl)c1-c1ccc(C#CCCCC#N)cc1. The smallest absolute Gasteiger partial charge is 0.286 e. The minimum Gasteiger partial charge on any atom is -0.379 e. The van der Waals surface area contributed by atoms with Gasteiger partial charge in [-0.3, -0.25) is 10.2 Å². The number of hydrogen-bond acceptors (Lipinski definition) is 5. The van der Waals surface area contributed by atoms with Crippen LogP contribution in [0.1, 0.15) is 47.8 Å². The molecule has 1 N–H and O–H groups in total. The second-order valence-corrected chi connectivity index (χ2v) is 9.31. The first kappa shape index (κ1) is 26.7. The molecule has 1 amide bonds. The lowest BCUT2D eigenvalue weighted by Gasteiger charge is -2.26. The first-order chi connectivity index (χ1) is 18.0. The van der Waals surface area contributed by atoms with Crippen molar-refractivity contribution in [1.29, 1.82) is 5.26 Å². The maximum absolute atomic E-state index is 13.3. The summed E-state index contributed by atoms with van der Waals surface area (Å²) in [4.78, 5) is 13.3. The molecule has 0 unspecified atom stereocenters. The quantitative estimate of drug-likeness (QED) is 0.322. The Hall–Kier alpha value is -3.33. The molecule has 0 radical (unpaired) electrons. The number of unbranched alkanes of at least 4 members (excludes halogenated alkanes) is 2. The highest BCUT2D eigenvalue weighted by molar-refractivity contribution is 6.35. The Kier molecular flexibility index (Phi) is 9.22. The highest BCUT2D eigenvalue weighted by Gasteiger charge is 2.26. The molecule has 0 saturated carbocycles. The van der Waals surface area contributed by atoms with Gasteiger partial charge in [0.25, 0.3) is 5.91 Å². The summed E-state index contributed by atoms with van der Waals surface area (Å²) < 4.78 is 7.10. The van der Waals surface area contributed by atoms with Gasteiger partial charge in [0.05, 0.1) is 35.7 Å². The van der Waals surface area contributed by atoms with Gasteiger partial charge < -0.3 is 4.74 Å². The first-order valence-corrected chi connectivity index (χ1v) is 12.9. The van der Waals surface area contributed by atoms with Crippen LogP contribution in [0, 0.1) is 23.2 Å². The van der Waals surface area contributed by atoms with E-state index in [4.69, 9.17) is 38.3 Å². The summed E-state index contributed by atoms with van der Waals surface area (Å²) in [6.07, 6.45) is 2.54. The zero-order chi connectivity index (χ0) is 26.2. The van der Waals surface area contributed by atoms with Gasteiger partial charge in [-0.1, -0.05) is 54.1 Å². The number of amides is 1. The van der Waals surface area contributed by atoms with Gasteiger partial charge in [-0.15, -0.1) is 0 Å². The lowest BCUT2D eigenvalue weighted by molar-refractivity contribution is 0.0124. The number of nitriles is 1. The summed E-state index contributed by atoms with van der Waals surface area (Å²) in [6.45, 7) is 4.36. The zero-order valence-electron chi connectivity index (χ0n) is 20.6. The van der Waals surface area contributed by atoms with Crippen molar-refractivity contribution in [2.75, 3.05) is 26.3 Å². The third kappa shape index (κ3) is 6.52. The fourth-order valence-corrected chi connectivity index (χ4v) is 4.58. The standard InChI is InChI=1S/C28H27Cl2N5O2/c1-2-23-26(28(36)33-34-15-17-37-18-16-34)32-35(25-13-12-22(29)19-24(25)30)27(23)21-10-8-20(9-11-21)7-5-3-4-6-14-31/h8-13,19H,2-4,6,15-18H2,1H3,(H,33,36). The zero-order valence-corrected chi connectivity index (χ0v) is 22.1. The van der Waals surface area contributed by atoms with Crippen LogP contribution in [0.4, 0.5) is 0 Å². The van der Waals surface area contributed by atoms with Crippen molar-refractivity contribution in [2.45, 2.75) is 32.6 Å². The van der Waals surface area contributed by atoms with Gasteiger partial charge in [-0.2, -0.15) is 10.4 Å². The van der Waals surface area contributed by atoms with Crippen molar-refractivity contribution in [1.82, 2.24) is 20.2 Å². The van der Waals surface area contributed by atoms with Crippen LogP contribution in [-0.4, -0.2) is 47.0 Å². The number of rotatable bonds is 7. The Morgan fingerprint density at radius 2 is 1.89 bits per heavy atom. The fourth-order valence-electron chi connectivity index (χ4n) is 4.10. The van der Waals surface area contributed by atoms with Crippen molar-refractivity contribution < 1.29 is 9.53 Å². The molecule has 1 saturated heterocycles. The van der Waals surface area contributed by atoms with E-state index >= 15 is 0 Å². The summed E-state index contributed by atoms with van der Waals surface area (Å²) >= 11 is 12.7. The Bertz CT molecular complexity index is 1360. The highest BCUT2D eigenvalue weighted by atomic mass is 35.5. The average molecular weight is 536 g/mol. The molecule has 0 aliphatic carbocycles. The molecule has 0 atom stereocenters. The van der Waals surface area contributed by atoms with Crippen LogP contribution >= 0.6 is 23.2 Å². The number of hydrazine groups is 1. The minimum absolute atomic E-state index is 0.274. The Labute approximate surface area is 226 Å². The second-order valence-electron chi connectivity index (χ2n) is 8.47. The van der Waals surface area contributed by atoms with E-state index in [1.54, 1.807) is 22.9 Å². The summed E-state index contributed by atoms with van der Waals surface area (Å²) in [7, 11) is 0. The van der Waals surface area contributed by atoms with Gasteiger partial charge >= 0.3 is 0 Å². The molecule has 7 nitrogen and oxygen atoms in total. The Balaban J connectivity index is 1.74. The number of benzene rings is 2. The number of halogens is 2. The average Bonchev–Trinajstić information content (AvgIpc) is 3.29. The number of morpholine rings is 1. The maximum atomic E-state index is 13.3. The second kappa shape index (κ2) is 12.8. The highest BCUT2D eigenvalue weighted by Crippen LogP contribution is 2.33. The topological polar surface area (TPSA) is 83.2 Å². The number of carbonyl (C=O) groups excluding carboxylic acids is 1. The minimum atomic E-state index is -0.274. The van der Waals surface area contributed by atoms with Crippen molar-refractivity contribution >= 4 is 29.1 Å². The molecule has 3 aromatic rings. The van der Waals surface area contributed by atoms with Crippen LogP contribution in [0.15, 0.2) is 42.5 Å². The van der Waals surface area contributed by atoms with E-state index < -0.39 is 0 Å². The number of nitrogens with zero attached hydrogens (tertiary/aromatic N) is 4. The Morgan fingerprint density at radius 1 is 1.14 bits per heavy atom. The number of hydrogen-bond donors (Lipinski definition) is 1. The van der Waals surface area contributed by atoms with Crippen LogP contribution in [0.2, 0.25) is 10.0 Å². The van der Waals surface area contributed by atoms with Crippen LogP contribution in [-0.2, 0) is 11.2 Å². The van der Waals surface area contributed by atoms with Crippen molar-refractivity contribution in [3.05, 3.63) is 69.3 Å². The van der Waals surface area contributed by atoms with E-state index in [0.29, 0.717) is 67.0 Å². The number of ether oxygens (including phenoxy) is 1. The fraction of sp³-hybridized carbons (Fsp3) is 0.321. The monoisotopic (exact) mass is 535 g/mol. The van der Waals surface area contributed by atoms with E-state index in [9.17, 15) is 4.79 Å². The van der Waals surface area contributed by atoms with Gasteiger partial charge in [-0.05, 0) is 43.2 Å². The van der Waals surface area contributed by atoms with Crippen LogP contribution in [0.5, 0.6) is 0 Å². The maximum Gasteiger partial charge on any atom is 0.286 e. The molecule has 0 bridgehead atoms. The van der Waals surface area contributed by atoms with Gasteiger partial charge in [0, 0.05) is 47.6 Å². The summed E-state index contributed by atoms with van der Waals surface area (Å²) in [5.74, 6) is 5.98. The summed E-state index contributed by atoms with van der Waals surface area (Å²) in [6, 6.07) is 15.2. The van der Waals surface area contributed by atoms with Crippen molar-refractivity contribution in [3.8, 4) is 34.9 Å². The lowest BCUT2D eigenvalue weighted by Crippen LogP contribution is -2.48. The molecule has 190 valence electrons.